The first-order chi connectivity index (χ1) is 8.95. The maximum Gasteiger partial charge on any atom is 0.227 e. The minimum atomic E-state index is -0.0159. The van der Waals surface area contributed by atoms with Gasteiger partial charge < -0.3 is 15.4 Å². The Morgan fingerprint density at radius 2 is 2.42 bits per heavy atom. The van der Waals surface area contributed by atoms with E-state index in [2.05, 4.69) is 36.4 Å². The van der Waals surface area contributed by atoms with Crippen molar-refractivity contribution >= 4 is 22.4 Å². The lowest BCUT2D eigenvalue weighted by Gasteiger charge is -2.22. The van der Waals surface area contributed by atoms with Gasteiger partial charge in [0.1, 0.15) is 0 Å². The summed E-state index contributed by atoms with van der Waals surface area (Å²) in [6.07, 6.45) is 2.26. The van der Waals surface area contributed by atoms with Gasteiger partial charge in [-0.05, 0) is 5.41 Å². The van der Waals surface area contributed by atoms with Crippen LogP contribution in [0.25, 0.3) is 0 Å². The van der Waals surface area contributed by atoms with Crippen molar-refractivity contribution in [2.24, 2.45) is 0 Å². The molecule has 5 nitrogen and oxygen atoms in total. The number of nitrogens with one attached hydrogen (secondary N) is 2. The van der Waals surface area contributed by atoms with Crippen LogP contribution >= 0.6 is 11.3 Å². The summed E-state index contributed by atoms with van der Waals surface area (Å²) in [4.78, 5) is 17.3. The third-order valence-electron chi connectivity index (χ3n) is 2.92. The number of nitrogens with zero attached hydrogens (tertiary/aromatic N) is 1. The van der Waals surface area contributed by atoms with Crippen LogP contribution in [0.15, 0.2) is 6.20 Å². The highest BCUT2D eigenvalue weighted by Gasteiger charge is 2.20. The van der Waals surface area contributed by atoms with Gasteiger partial charge in [-0.1, -0.05) is 20.8 Å². The van der Waals surface area contributed by atoms with E-state index in [1.807, 2.05) is 6.20 Å². The molecule has 0 bridgehead atoms. The van der Waals surface area contributed by atoms with Gasteiger partial charge in [-0.25, -0.2) is 4.98 Å². The molecule has 0 radical (unpaired) electrons. The first-order valence-electron chi connectivity index (χ1n) is 6.52. The molecule has 1 amide bonds. The van der Waals surface area contributed by atoms with Gasteiger partial charge in [0.25, 0.3) is 0 Å². The minimum absolute atomic E-state index is 0.0159. The van der Waals surface area contributed by atoms with E-state index in [4.69, 9.17) is 4.74 Å². The van der Waals surface area contributed by atoms with Gasteiger partial charge in [0.2, 0.25) is 5.91 Å². The van der Waals surface area contributed by atoms with Crippen molar-refractivity contribution in [1.29, 1.82) is 0 Å². The molecule has 0 spiro atoms. The molecular formula is C13H21N3O2S. The summed E-state index contributed by atoms with van der Waals surface area (Å²) < 4.78 is 5.33. The molecule has 1 aliphatic heterocycles. The van der Waals surface area contributed by atoms with Crippen LogP contribution in [0.5, 0.6) is 0 Å². The summed E-state index contributed by atoms with van der Waals surface area (Å²) in [7, 11) is 0. The molecule has 106 valence electrons. The number of anilines is 1. The van der Waals surface area contributed by atoms with Gasteiger partial charge in [-0.15, -0.1) is 11.3 Å². The lowest BCUT2D eigenvalue weighted by Crippen LogP contribution is -2.43. The average Bonchev–Trinajstić information content (AvgIpc) is 2.78. The number of thiazole rings is 1. The first kappa shape index (κ1) is 14.4. The number of carbonyl (C=O) groups is 1. The Balaban J connectivity index is 1.86. The maximum atomic E-state index is 11.9. The molecule has 1 aromatic rings. The fraction of sp³-hybridized carbons (Fsp3) is 0.692. The Morgan fingerprint density at radius 3 is 3.00 bits per heavy atom. The summed E-state index contributed by atoms with van der Waals surface area (Å²) in [5.74, 6) is -0.0159. The molecule has 1 unspecified atom stereocenters. The molecule has 2 rings (SSSR count). The van der Waals surface area contributed by atoms with Crippen molar-refractivity contribution in [3.63, 3.8) is 0 Å². The molecule has 19 heavy (non-hydrogen) atoms. The van der Waals surface area contributed by atoms with E-state index in [1.54, 1.807) is 0 Å². The highest BCUT2D eigenvalue weighted by Crippen LogP contribution is 2.30. The lowest BCUT2D eigenvalue weighted by atomic mass is 9.96. The van der Waals surface area contributed by atoms with Crippen LogP contribution in [-0.2, 0) is 14.9 Å². The molecule has 2 N–H and O–H groups in total. The Morgan fingerprint density at radius 1 is 1.63 bits per heavy atom. The van der Waals surface area contributed by atoms with E-state index < -0.39 is 0 Å². The second-order valence-electron chi connectivity index (χ2n) is 5.76. The maximum absolute atomic E-state index is 11.9. The monoisotopic (exact) mass is 283 g/mol. The Hall–Kier alpha value is -0.980. The quantitative estimate of drug-likeness (QED) is 0.887. The van der Waals surface area contributed by atoms with Crippen molar-refractivity contribution in [2.45, 2.75) is 38.6 Å². The Kier molecular flexibility index (Phi) is 4.54. The highest BCUT2D eigenvalue weighted by atomic mass is 32.1. The first-order valence-corrected chi connectivity index (χ1v) is 7.34. The predicted octanol–water partition coefficient (Wildman–Crippen LogP) is 1.76. The van der Waals surface area contributed by atoms with E-state index >= 15 is 0 Å². The van der Waals surface area contributed by atoms with Crippen molar-refractivity contribution < 1.29 is 9.53 Å². The van der Waals surface area contributed by atoms with Gasteiger partial charge in [-0.3, -0.25) is 4.79 Å². The van der Waals surface area contributed by atoms with Crippen LogP contribution in [0.1, 0.15) is 32.1 Å². The molecule has 0 aromatic carbocycles. The van der Waals surface area contributed by atoms with Gasteiger partial charge in [0.15, 0.2) is 5.13 Å². The topological polar surface area (TPSA) is 63.2 Å². The number of hydrogen-bond donors (Lipinski definition) is 2. The average molecular weight is 283 g/mol. The third kappa shape index (κ3) is 4.26. The molecule has 1 aromatic heterocycles. The summed E-state index contributed by atoms with van der Waals surface area (Å²) in [6, 6.07) is 0.107. The van der Waals surface area contributed by atoms with E-state index in [-0.39, 0.29) is 17.4 Å². The number of carbonyl (C=O) groups excluding carboxylic acids is 1. The number of aromatic nitrogens is 1. The minimum Gasteiger partial charge on any atom is -0.378 e. The van der Waals surface area contributed by atoms with E-state index in [0.717, 1.165) is 13.2 Å². The second-order valence-corrected chi connectivity index (χ2v) is 6.79. The molecular weight excluding hydrogens is 262 g/mol. The van der Waals surface area contributed by atoms with Crippen LogP contribution in [0.3, 0.4) is 0 Å². The highest BCUT2D eigenvalue weighted by molar-refractivity contribution is 7.15. The van der Waals surface area contributed by atoms with Crippen molar-refractivity contribution in [1.82, 2.24) is 10.3 Å². The molecule has 1 atom stereocenters. The molecule has 1 saturated heterocycles. The van der Waals surface area contributed by atoms with Crippen molar-refractivity contribution in [3.05, 3.63) is 11.1 Å². The SMILES string of the molecule is CC(C)(C)c1cnc(NC(=O)CC2COCCN2)s1. The smallest absolute Gasteiger partial charge is 0.227 e. The number of morpholine rings is 1. The van der Waals surface area contributed by atoms with E-state index in [9.17, 15) is 4.79 Å². The molecule has 1 fully saturated rings. The van der Waals surface area contributed by atoms with E-state index in [0.29, 0.717) is 18.2 Å². The molecule has 1 aliphatic rings. The number of ether oxygens (including phenoxy) is 1. The van der Waals surface area contributed by atoms with Gasteiger partial charge in [0, 0.05) is 30.1 Å². The van der Waals surface area contributed by atoms with Gasteiger partial charge >= 0.3 is 0 Å². The number of amides is 1. The summed E-state index contributed by atoms with van der Waals surface area (Å²) in [6.45, 7) is 8.53. The zero-order chi connectivity index (χ0) is 13.9. The fourth-order valence-electron chi connectivity index (χ4n) is 1.82. The summed E-state index contributed by atoms with van der Waals surface area (Å²) >= 11 is 1.54. The van der Waals surface area contributed by atoms with Crippen LogP contribution in [0.4, 0.5) is 5.13 Å². The van der Waals surface area contributed by atoms with Crippen LogP contribution in [0, 0.1) is 0 Å². The van der Waals surface area contributed by atoms with Gasteiger partial charge in [-0.2, -0.15) is 0 Å². The number of rotatable bonds is 3. The van der Waals surface area contributed by atoms with Gasteiger partial charge in [0.05, 0.1) is 13.2 Å². The van der Waals surface area contributed by atoms with Crippen LogP contribution < -0.4 is 10.6 Å². The van der Waals surface area contributed by atoms with Crippen LogP contribution in [-0.4, -0.2) is 36.7 Å². The predicted molar refractivity (Wildman–Crippen MR) is 76.7 cm³/mol. The molecule has 2 heterocycles. The van der Waals surface area contributed by atoms with Crippen molar-refractivity contribution in [2.75, 3.05) is 25.1 Å². The zero-order valence-electron chi connectivity index (χ0n) is 11.7. The zero-order valence-corrected chi connectivity index (χ0v) is 12.5. The molecule has 0 aliphatic carbocycles. The van der Waals surface area contributed by atoms with Crippen molar-refractivity contribution in [3.8, 4) is 0 Å². The second kappa shape index (κ2) is 5.98. The van der Waals surface area contributed by atoms with Crippen LogP contribution in [0.2, 0.25) is 0 Å². The largest absolute Gasteiger partial charge is 0.378 e. The lowest BCUT2D eigenvalue weighted by molar-refractivity contribution is -0.117. The summed E-state index contributed by atoms with van der Waals surface area (Å²) in [5.41, 5.74) is 0.0689. The third-order valence-corrected chi connectivity index (χ3v) is 4.26. The summed E-state index contributed by atoms with van der Waals surface area (Å²) in [5, 5.41) is 6.79. The molecule has 0 saturated carbocycles. The van der Waals surface area contributed by atoms with E-state index in [1.165, 1.54) is 16.2 Å². The number of hydrogen-bond acceptors (Lipinski definition) is 5. The molecule has 6 heteroatoms. The normalized spacial score (nSPS) is 20.3. The Bertz CT molecular complexity index is 433. The fourth-order valence-corrected chi connectivity index (χ4v) is 2.71. The Labute approximate surface area is 117 Å². The standard InChI is InChI=1S/C13H21N3O2S/c1-13(2,3)10-7-15-12(19-10)16-11(17)6-9-8-18-5-4-14-9/h7,9,14H,4-6,8H2,1-3H3,(H,15,16,17).